The highest BCUT2D eigenvalue weighted by atomic mass is 35.5. The number of benzene rings is 1. The molecule has 26 heavy (non-hydrogen) atoms. The second-order valence-electron chi connectivity index (χ2n) is 6.44. The van der Waals surface area contributed by atoms with Crippen molar-refractivity contribution >= 4 is 29.1 Å². The maximum atomic E-state index is 13.3. The highest BCUT2D eigenvalue weighted by Gasteiger charge is 2.41. The first-order chi connectivity index (χ1) is 12.3. The molecule has 2 atom stereocenters. The van der Waals surface area contributed by atoms with Gasteiger partial charge in [0.15, 0.2) is 0 Å². The molecule has 1 aromatic rings. The molecule has 2 aliphatic rings. The Balaban J connectivity index is 1.71. The van der Waals surface area contributed by atoms with Crippen LogP contribution in [0.4, 0.5) is 18.9 Å². The average molecular weight is 391 g/mol. The Labute approximate surface area is 153 Å². The summed E-state index contributed by atoms with van der Waals surface area (Å²) in [6.45, 7) is 0.909. The number of amides is 2. The van der Waals surface area contributed by atoms with E-state index in [-0.39, 0.29) is 35.7 Å². The molecule has 1 N–H and O–H groups in total. The summed E-state index contributed by atoms with van der Waals surface area (Å²) in [5, 5.41) is 2.66. The molecule has 2 unspecified atom stereocenters. The quantitative estimate of drug-likeness (QED) is 0.859. The second kappa shape index (κ2) is 7.44. The number of nitrogens with one attached hydrogen (secondary N) is 1. The van der Waals surface area contributed by atoms with E-state index in [4.69, 9.17) is 16.3 Å². The first-order valence-electron chi connectivity index (χ1n) is 8.32. The van der Waals surface area contributed by atoms with Crippen molar-refractivity contribution in [1.82, 2.24) is 5.32 Å². The van der Waals surface area contributed by atoms with Crippen molar-refractivity contribution in [3.05, 3.63) is 28.8 Å². The van der Waals surface area contributed by atoms with E-state index < -0.39 is 23.6 Å². The van der Waals surface area contributed by atoms with Gasteiger partial charge in [-0.2, -0.15) is 13.2 Å². The zero-order valence-electron chi connectivity index (χ0n) is 13.8. The lowest BCUT2D eigenvalue weighted by atomic mass is 10.1. The Morgan fingerprint density at radius 1 is 1.38 bits per heavy atom. The zero-order chi connectivity index (χ0) is 18.9. The molecule has 9 heteroatoms. The van der Waals surface area contributed by atoms with Gasteiger partial charge in [-0.05, 0) is 31.0 Å². The predicted molar refractivity (Wildman–Crippen MR) is 88.9 cm³/mol. The predicted octanol–water partition coefficient (Wildman–Crippen LogP) is 3.01. The number of hydrogen-bond acceptors (Lipinski definition) is 3. The smallest absolute Gasteiger partial charge is 0.376 e. The number of anilines is 1. The van der Waals surface area contributed by atoms with Crippen LogP contribution in [0.15, 0.2) is 18.2 Å². The molecule has 2 heterocycles. The van der Waals surface area contributed by atoms with Gasteiger partial charge in [-0.15, -0.1) is 0 Å². The minimum absolute atomic E-state index is 0.0414. The minimum atomic E-state index is -4.65. The number of carbonyl (C=O) groups is 2. The molecular formula is C17H18ClF3N2O3. The van der Waals surface area contributed by atoms with Gasteiger partial charge >= 0.3 is 6.18 Å². The maximum absolute atomic E-state index is 13.3. The van der Waals surface area contributed by atoms with Gasteiger partial charge in [-0.3, -0.25) is 9.59 Å². The van der Waals surface area contributed by atoms with Crippen molar-refractivity contribution in [3.8, 4) is 0 Å². The Hall–Kier alpha value is -1.80. The number of rotatable bonds is 4. The van der Waals surface area contributed by atoms with Crippen LogP contribution in [0, 0.1) is 5.92 Å². The standard InChI is InChI=1S/C17H18ClF3N2O3/c18-11-3-4-14(13(7-11)17(19,20)21)23-9-10(6-15(23)24)16(25)22-8-12-2-1-5-26-12/h3-4,7,10,12H,1-2,5-6,8-9H2,(H,22,25). The molecule has 2 amide bonds. The van der Waals surface area contributed by atoms with Crippen LogP contribution < -0.4 is 10.2 Å². The molecule has 0 radical (unpaired) electrons. The molecule has 0 spiro atoms. The van der Waals surface area contributed by atoms with Crippen LogP contribution in [0.5, 0.6) is 0 Å². The molecule has 0 saturated carbocycles. The fraction of sp³-hybridized carbons (Fsp3) is 0.529. The molecule has 1 aromatic carbocycles. The number of nitrogens with zero attached hydrogens (tertiary/aromatic N) is 1. The number of hydrogen-bond donors (Lipinski definition) is 1. The van der Waals surface area contributed by atoms with Gasteiger partial charge < -0.3 is 15.0 Å². The zero-order valence-corrected chi connectivity index (χ0v) is 14.6. The van der Waals surface area contributed by atoms with E-state index >= 15 is 0 Å². The van der Waals surface area contributed by atoms with Gasteiger partial charge in [0.2, 0.25) is 11.8 Å². The lowest BCUT2D eigenvalue weighted by Crippen LogP contribution is -2.37. The number of ether oxygens (including phenoxy) is 1. The SMILES string of the molecule is O=C(NCC1CCCO1)C1CC(=O)N(c2ccc(Cl)cc2C(F)(F)F)C1. The summed E-state index contributed by atoms with van der Waals surface area (Å²) < 4.78 is 45.2. The van der Waals surface area contributed by atoms with Crippen molar-refractivity contribution in [2.45, 2.75) is 31.5 Å². The summed E-state index contributed by atoms with van der Waals surface area (Å²) in [7, 11) is 0. The van der Waals surface area contributed by atoms with E-state index in [0.717, 1.165) is 29.9 Å². The highest BCUT2D eigenvalue weighted by molar-refractivity contribution is 6.30. The highest BCUT2D eigenvalue weighted by Crippen LogP contribution is 2.40. The molecule has 142 valence electrons. The van der Waals surface area contributed by atoms with Crippen LogP contribution in [0.1, 0.15) is 24.8 Å². The third-order valence-electron chi connectivity index (χ3n) is 4.58. The summed E-state index contributed by atoms with van der Waals surface area (Å²) in [5.74, 6) is -1.56. The molecule has 2 fully saturated rings. The molecule has 0 aliphatic carbocycles. The molecule has 2 aliphatic heterocycles. The van der Waals surface area contributed by atoms with Crippen LogP contribution >= 0.6 is 11.6 Å². The van der Waals surface area contributed by atoms with Gasteiger partial charge in [0, 0.05) is 31.1 Å². The molecule has 3 rings (SSSR count). The van der Waals surface area contributed by atoms with Crippen molar-refractivity contribution in [1.29, 1.82) is 0 Å². The largest absolute Gasteiger partial charge is 0.418 e. The third-order valence-corrected chi connectivity index (χ3v) is 4.81. The van der Waals surface area contributed by atoms with Crippen molar-refractivity contribution < 1.29 is 27.5 Å². The number of alkyl halides is 3. The fourth-order valence-corrected chi connectivity index (χ4v) is 3.42. The Kier molecular flexibility index (Phi) is 5.43. The summed E-state index contributed by atoms with van der Waals surface area (Å²) in [6, 6.07) is 3.24. The normalized spacial score (nSPS) is 23.5. The lowest BCUT2D eigenvalue weighted by Gasteiger charge is -2.22. The van der Waals surface area contributed by atoms with E-state index in [9.17, 15) is 22.8 Å². The summed E-state index contributed by atoms with van der Waals surface area (Å²) in [6.07, 6.45) is -3.03. The molecule has 2 saturated heterocycles. The van der Waals surface area contributed by atoms with Crippen LogP contribution in [0.25, 0.3) is 0 Å². The van der Waals surface area contributed by atoms with Crippen molar-refractivity contribution in [3.63, 3.8) is 0 Å². The molecule has 5 nitrogen and oxygen atoms in total. The maximum Gasteiger partial charge on any atom is 0.418 e. The summed E-state index contributed by atoms with van der Waals surface area (Å²) in [4.78, 5) is 25.5. The van der Waals surface area contributed by atoms with E-state index in [2.05, 4.69) is 5.32 Å². The molecular weight excluding hydrogens is 373 g/mol. The first-order valence-corrected chi connectivity index (χ1v) is 8.70. The average Bonchev–Trinajstić information content (AvgIpc) is 3.21. The van der Waals surface area contributed by atoms with Gasteiger partial charge in [-0.1, -0.05) is 11.6 Å². The fourth-order valence-electron chi connectivity index (χ4n) is 3.25. The lowest BCUT2D eigenvalue weighted by molar-refractivity contribution is -0.137. The Morgan fingerprint density at radius 3 is 2.81 bits per heavy atom. The number of halogens is 4. The monoisotopic (exact) mass is 390 g/mol. The topological polar surface area (TPSA) is 58.6 Å². The van der Waals surface area contributed by atoms with E-state index in [0.29, 0.717) is 13.2 Å². The summed E-state index contributed by atoms with van der Waals surface area (Å²) >= 11 is 5.67. The van der Waals surface area contributed by atoms with Gasteiger partial charge in [0.25, 0.3) is 0 Å². The van der Waals surface area contributed by atoms with Crippen LogP contribution in [-0.2, 0) is 20.5 Å². The van der Waals surface area contributed by atoms with Gasteiger partial charge in [0.05, 0.1) is 23.3 Å². The van der Waals surface area contributed by atoms with E-state index in [1.807, 2.05) is 0 Å². The van der Waals surface area contributed by atoms with Crippen molar-refractivity contribution in [2.24, 2.45) is 5.92 Å². The van der Waals surface area contributed by atoms with E-state index in [1.165, 1.54) is 6.07 Å². The molecule has 0 bridgehead atoms. The van der Waals surface area contributed by atoms with Gasteiger partial charge in [-0.25, -0.2) is 0 Å². The van der Waals surface area contributed by atoms with Crippen LogP contribution in [-0.4, -0.2) is 37.6 Å². The number of carbonyl (C=O) groups excluding carboxylic acids is 2. The van der Waals surface area contributed by atoms with Crippen LogP contribution in [0.3, 0.4) is 0 Å². The van der Waals surface area contributed by atoms with Crippen molar-refractivity contribution in [2.75, 3.05) is 24.6 Å². The first kappa shape index (κ1) is 19.0. The van der Waals surface area contributed by atoms with Crippen LogP contribution in [0.2, 0.25) is 5.02 Å². The second-order valence-corrected chi connectivity index (χ2v) is 6.88. The Morgan fingerprint density at radius 2 is 2.15 bits per heavy atom. The van der Waals surface area contributed by atoms with Gasteiger partial charge in [0.1, 0.15) is 0 Å². The Bertz CT molecular complexity index is 705. The molecule has 0 aromatic heterocycles. The minimum Gasteiger partial charge on any atom is -0.376 e. The summed E-state index contributed by atoms with van der Waals surface area (Å²) in [5.41, 5.74) is -1.26. The third kappa shape index (κ3) is 4.12. The van der Waals surface area contributed by atoms with E-state index in [1.54, 1.807) is 0 Å².